The number of benzene rings is 3. The second kappa shape index (κ2) is 10.7. The molecule has 1 aliphatic rings. The van der Waals surface area contributed by atoms with Crippen LogP contribution in [0.2, 0.25) is 0 Å². The van der Waals surface area contributed by atoms with E-state index in [1.165, 1.54) is 12.1 Å². The highest BCUT2D eigenvalue weighted by Gasteiger charge is 2.23. The summed E-state index contributed by atoms with van der Waals surface area (Å²) in [6, 6.07) is 20.6. The number of nitrogens with one attached hydrogen (secondary N) is 1. The molecule has 184 valence electrons. The molecule has 9 heteroatoms. The molecule has 3 aromatic carbocycles. The van der Waals surface area contributed by atoms with Gasteiger partial charge in [-0.15, -0.1) is 0 Å². The minimum Gasteiger partial charge on any atom is -0.497 e. The van der Waals surface area contributed by atoms with Crippen LogP contribution in [-0.4, -0.2) is 59.1 Å². The summed E-state index contributed by atoms with van der Waals surface area (Å²) in [6.07, 6.45) is 0. The summed E-state index contributed by atoms with van der Waals surface area (Å²) in [6.45, 7) is 5.01. The normalized spacial score (nSPS) is 13.9. The van der Waals surface area contributed by atoms with Gasteiger partial charge in [0.15, 0.2) is 0 Å². The highest BCUT2D eigenvalue weighted by atomic mass is 32.2. The number of amides is 1. The molecule has 1 N–H and O–H groups in total. The zero-order chi connectivity index (χ0) is 24.8. The van der Waals surface area contributed by atoms with Gasteiger partial charge in [0, 0.05) is 49.2 Å². The first-order valence-electron chi connectivity index (χ1n) is 11.4. The third-order valence-corrected chi connectivity index (χ3v) is 7.21. The molecule has 0 spiro atoms. The van der Waals surface area contributed by atoms with Crippen LogP contribution >= 0.6 is 0 Å². The van der Waals surface area contributed by atoms with Crippen molar-refractivity contribution in [2.24, 2.45) is 0 Å². The largest absolute Gasteiger partial charge is 0.497 e. The molecule has 1 heterocycles. The molecule has 0 unspecified atom stereocenters. The number of methoxy groups -OCH3 is 1. The van der Waals surface area contributed by atoms with E-state index in [9.17, 15) is 13.2 Å². The maximum atomic E-state index is 13.0. The Hall–Kier alpha value is -3.72. The van der Waals surface area contributed by atoms with E-state index >= 15 is 0 Å². The molecule has 0 bridgehead atoms. The van der Waals surface area contributed by atoms with Crippen LogP contribution < -0.4 is 19.1 Å². The summed E-state index contributed by atoms with van der Waals surface area (Å²) < 4.78 is 38.6. The summed E-state index contributed by atoms with van der Waals surface area (Å²) in [4.78, 5) is 17.2. The minimum absolute atomic E-state index is 0.0730. The second-order valence-electron chi connectivity index (χ2n) is 8.07. The predicted molar refractivity (Wildman–Crippen MR) is 136 cm³/mol. The molecule has 0 saturated carbocycles. The van der Waals surface area contributed by atoms with E-state index in [2.05, 4.69) is 9.62 Å². The van der Waals surface area contributed by atoms with Gasteiger partial charge < -0.3 is 19.3 Å². The number of carbonyl (C=O) groups is 1. The van der Waals surface area contributed by atoms with Crippen LogP contribution in [0.3, 0.4) is 0 Å². The zero-order valence-electron chi connectivity index (χ0n) is 19.8. The number of rotatable bonds is 8. The average molecular weight is 496 g/mol. The lowest BCUT2D eigenvalue weighted by Crippen LogP contribution is -2.48. The Labute approximate surface area is 206 Å². The summed E-state index contributed by atoms with van der Waals surface area (Å²) in [5.41, 5.74) is 1.97. The first kappa shape index (κ1) is 24.4. The van der Waals surface area contributed by atoms with Crippen LogP contribution in [0.4, 0.5) is 11.4 Å². The van der Waals surface area contributed by atoms with Crippen LogP contribution in [-0.2, 0) is 10.0 Å². The fourth-order valence-corrected chi connectivity index (χ4v) is 4.99. The van der Waals surface area contributed by atoms with Gasteiger partial charge >= 0.3 is 0 Å². The van der Waals surface area contributed by atoms with Crippen molar-refractivity contribution >= 4 is 27.3 Å². The van der Waals surface area contributed by atoms with E-state index in [4.69, 9.17) is 9.47 Å². The van der Waals surface area contributed by atoms with Crippen molar-refractivity contribution in [1.82, 2.24) is 4.90 Å². The van der Waals surface area contributed by atoms with Gasteiger partial charge in [-0.3, -0.25) is 9.52 Å². The Morgan fingerprint density at radius 2 is 1.60 bits per heavy atom. The highest BCUT2D eigenvalue weighted by Crippen LogP contribution is 2.23. The van der Waals surface area contributed by atoms with Crippen LogP contribution in [0.5, 0.6) is 11.5 Å². The van der Waals surface area contributed by atoms with Crippen molar-refractivity contribution in [3.05, 3.63) is 78.4 Å². The third-order valence-electron chi connectivity index (χ3n) is 5.81. The smallest absolute Gasteiger partial charge is 0.261 e. The van der Waals surface area contributed by atoms with Crippen LogP contribution in [0.25, 0.3) is 0 Å². The molecule has 3 aromatic rings. The Kier molecular flexibility index (Phi) is 7.45. The molecule has 1 amide bonds. The zero-order valence-corrected chi connectivity index (χ0v) is 20.6. The number of sulfonamides is 1. The Morgan fingerprint density at radius 1 is 0.914 bits per heavy atom. The molecule has 1 aliphatic heterocycles. The molecule has 35 heavy (non-hydrogen) atoms. The highest BCUT2D eigenvalue weighted by molar-refractivity contribution is 7.92. The quantitative estimate of drug-likeness (QED) is 0.511. The number of nitrogens with zero attached hydrogens (tertiary/aromatic N) is 2. The lowest BCUT2D eigenvalue weighted by atomic mass is 10.1. The van der Waals surface area contributed by atoms with Gasteiger partial charge in [0.05, 0.1) is 18.6 Å². The first-order chi connectivity index (χ1) is 16.9. The Morgan fingerprint density at radius 3 is 2.23 bits per heavy atom. The Balaban J connectivity index is 1.35. The third kappa shape index (κ3) is 5.86. The monoisotopic (exact) mass is 495 g/mol. The topological polar surface area (TPSA) is 88.2 Å². The van der Waals surface area contributed by atoms with Gasteiger partial charge in [-0.05, 0) is 67.6 Å². The van der Waals surface area contributed by atoms with E-state index in [-0.39, 0.29) is 10.8 Å². The summed E-state index contributed by atoms with van der Waals surface area (Å²) in [5.74, 6) is 1.34. The predicted octanol–water partition coefficient (Wildman–Crippen LogP) is 3.86. The first-order valence-corrected chi connectivity index (χ1v) is 12.9. The Bertz CT molecular complexity index is 1250. The van der Waals surface area contributed by atoms with Crippen LogP contribution in [0, 0.1) is 0 Å². The molecule has 0 aromatic heterocycles. The van der Waals surface area contributed by atoms with Crippen LogP contribution in [0.15, 0.2) is 77.7 Å². The van der Waals surface area contributed by atoms with E-state index in [1.54, 1.807) is 43.5 Å². The maximum absolute atomic E-state index is 13.0. The van der Waals surface area contributed by atoms with Crippen molar-refractivity contribution < 1.29 is 22.7 Å². The van der Waals surface area contributed by atoms with E-state index < -0.39 is 10.0 Å². The van der Waals surface area contributed by atoms with E-state index in [1.807, 2.05) is 36.1 Å². The molecular formula is C26H29N3O5S. The SMILES string of the molecule is CCOc1ccc(S(=O)(=O)Nc2ccc(C(=O)N3CCN(c4cccc(OC)c4)CC3)cc2)cc1. The van der Waals surface area contributed by atoms with Crippen molar-refractivity contribution in [1.29, 1.82) is 0 Å². The van der Waals surface area contributed by atoms with E-state index in [0.29, 0.717) is 36.7 Å². The molecule has 1 fully saturated rings. The molecular weight excluding hydrogens is 466 g/mol. The van der Waals surface area contributed by atoms with Gasteiger partial charge in [0.2, 0.25) is 0 Å². The fraction of sp³-hybridized carbons (Fsp3) is 0.269. The summed E-state index contributed by atoms with van der Waals surface area (Å²) >= 11 is 0. The number of hydrogen-bond acceptors (Lipinski definition) is 6. The van der Waals surface area contributed by atoms with Crippen molar-refractivity contribution in [3.63, 3.8) is 0 Å². The second-order valence-corrected chi connectivity index (χ2v) is 9.75. The lowest BCUT2D eigenvalue weighted by molar-refractivity contribution is 0.0747. The molecule has 0 radical (unpaired) electrons. The average Bonchev–Trinajstić information content (AvgIpc) is 2.89. The standard InChI is InChI=1S/C26H29N3O5S/c1-3-34-23-11-13-25(14-12-23)35(31,32)27-21-9-7-20(8-10-21)26(30)29-17-15-28(16-18-29)22-5-4-6-24(19-22)33-2/h4-14,19,27H,3,15-18H2,1-2H3. The fourth-order valence-electron chi connectivity index (χ4n) is 3.93. The molecule has 1 saturated heterocycles. The van der Waals surface area contributed by atoms with Gasteiger partial charge in [-0.25, -0.2) is 8.42 Å². The van der Waals surface area contributed by atoms with Crippen LogP contribution in [0.1, 0.15) is 17.3 Å². The number of hydrogen-bond donors (Lipinski definition) is 1. The number of piperazine rings is 1. The number of carbonyl (C=O) groups excluding carboxylic acids is 1. The molecule has 0 atom stereocenters. The number of ether oxygens (including phenoxy) is 2. The van der Waals surface area contributed by atoms with Crippen molar-refractivity contribution in [3.8, 4) is 11.5 Å². The lowest BCUT2D eigenvalue weighted by Gasteiger charge is -2.36. The van der Waals surface area contributed by atoms with Gasteiger partial charge in [0.1, 0.15) is 11.5 Å². The molecule has 4 rings (SSSR count). The minimum atomic E-state index is -3.75. The molecule has 0 aliphatic carbocycles. The van der Waals surface area contributed by atoms with Crippen molar-refractivity contribution in [2.45, 2.75) is 11.8 Å². The van der Waals surface area contributed by atoms with Gasteiger partial charge in [-0.2, -0.15) is 0 Å². The van der Waals surface area contributed by atoms with E-state index in [0.717, 1.165) is 24.5 Å². The molecule has 8 nitrogen and oxygen atoms in total. The van der Waals surface area contributed by atoms with Crippen molar-refractivity contribution in [2.75, 3.05) is 49.5 Å². The van der Waals surface area contributed by atoms with Gasteiger partial charge in [0.25, 0.3) is 15.9 Å². The number of anilines is 2. The summed E-state index contributed by atoms with van der Waals surface area (Å²) in [7, 11) is -2.11. The van der Waals surface area contributed by atoms with Gasteiger partial charge in [-0.1, -0.05) is 6.07 Å². The maximum Gasteiger partial charge on any atom is 0.261 e. The summed E-state index contributed by atoms with van der Waals surface area (Å²) in [5, 5.41) is 0.